The molecule has 17 heavy (non-hydrogen) atoms. The van der Waals surface area contributed by atoms with Crippen molar-refractivity contribution in [2.45, 2.75) is 57.9 Å². The van der Waals surface area contributed by atoms with Crippen molar-refractivity contribution in [1.29, 1.82) is 0 Å². The van der Waals surface area contributed by atoms with Gasteiger partial charge < -0.3 is 10.2 Å². The third kappa shape index (κ3) is 3.96. The summed E-state index contributed by atoms with van der Waals surface area (Å²) in [4.78, 5) is 2.57. The minimum atomic E-state index is 0.817. The van der Waals surface area contributed by atoms with Crippen molar-refractivity contribution in [1.82, 2.24) is 10.2 Å². The van der Waals surface area contributed by atoms with E-state index in [2.05, 4.69) is 24.2 Å². The molecule has 2 aliphatic rings. The molecule has 2 aliphatic carbocycles. The molecule has 2 saturated carbocycles. The Kier molecular flexibility index (Phi) is 5.30. The average Bonchev–Trinajstić information content (AvgIpc) is 2.69. The van der Waals surface area contributed by atoms with Crippen molar-refractivity contribution in [3.05, 3.63) is 0 Å². The zero-order valence-electron chi connectivity index (χ0n) is 11.8. The Balaban J connectivity index is 1.62. The van der Waals surface area contributed by atoms with Crippen molar-refractivity contribution in [2.75, 3.05) is 26.7 Å². The molecule has 0 aliphatic heterocycles. The Labute approximate surface area is 107 Å². The molecule has 0 aromatic rings. The van der Waals surface area contributed by atoms with Gasteiger partial charge in [-0.15, -0.1) is 0 Å². The molecule has 2 unspecified atom stereocenters. The first-order valence-electron chi connectivity index (χ1n) is 7.71. The lowest BCUT2D eigenvalue weighted by Crippen LogP contribution is -2.35. The van der Waals surface area contributed by atoms with E-state index in [1.165, 1.54) is 58.0 Å². The van der Waals surface area contributed by atoms with E-state index < -0.39 is 0 Å². The van der Waals surface area contributed by atoms with Gasteiger partial charge in [0.1, 0.15) is 0 Å². The lowest BCUT2D eigenvalue weighted by atomic mass is 9.85. The van der Waals surface area contributed by atoms with Crippen LogP contribution in [0, 0.1) is 11.8 Å². The predicted molar refractivity (Wildman–Crippen MR) is 74.3 cm³/mol. The zero-order chi connectivity index (χ0) is 12.1. The van der Waals surface area contributed by atoms with Gasteiger partial charge in [-0.25, -0.2) is 0 Å². The molecule has 0 spiro atoms. The molecule has 2 rings (SSSR count). The van der Waals surface area contributed by atoms with Crippen LogP contribution >= 0.6 is 0 Å². The van der Waals surface area contributed by atoms with E-state index in [1.807, 2.05) is 0 Å². The first-order chi connectivity index (χ1) is 8.29. The molecule has 0 bridgehead atoms. The third-order valence-electron chi connectivity index (χ3n) is 4.80. The maximum absolute atomic E-state index is 3.66. The van der Waals surface area contributed by atoms with E-state index in [-0.39, 0.29) is 0 Å². The molecule has 2 atom stereocenters. The summed E-state index contributed by atoms with van der Waals surface area (Å²) in [6.07, 6.45) is 10.1. The highest BCUT2D eigenvalue weighted by Crippen LogP contribution is 2.30. The first-order valence-corrected chi connectivity index (χ1v) is 7.71. The fourth-order valence-electron chi connectivity index (χ4n) is 3.51. The molecule has 0 amide bonds. The standard InChI is InChI=1S/C15H30N2/c1-3-16-15-9-5-8-14(15)10-11-17(2)12-13-6-4-7-13/h13-16H,3-12H2,1-2H3. The minimum Gasteiger partial charge on any atom is -0.314 e. The quantitative estimate of drug-likeness (QED) is 0.733. The fourth-order valence-corrected chi connectivity index (χ4v) is 3.51. The van der Waals surface area contributed by atoms with Gasteiger partial charge in [-0.1, -0.05) is 19.8 Å². The van der Waals surface area contributed by atoms with Crippen LogP contribution in [0.15, 0.2) is 0 Å². The van der Waals surface area contributed by atoms with Gasteiger partial charge in [-0.05, 0) is 64.1 Å². The number of nitrogens with zero attached hydrogens (tertiary/aromatic N) is 1. The van der Waals surface area contributed by atoms with Crippen molar-refractivity contribution in [3.8, 4) is 0 Å². The fraction of sp³-hybridized carbons (Fsp3) is 1.00. The highest BCUT2D eigenvalue weighted by molar-refractivity contribution is 4.83. The molecule has 0 radical (unpaired) electrons. The van der Waals surface area contributed by atoms with E-state index in [1.54, 1.807) is 0 Å². The van der Waals surface area contributed by atoms with Crippen molar-refractivity contribution < 1.29 is 0 Å². The topological polar surface area (TPSA) is 15.3 Å². The Hall–Kier alpha value is -0.0800. The van der Waals surface area contributed by atoms with Crippen LogP contribution in [0.25, 0.3) is 0 Å². The maximum atomic E-state index is 3.66. The van der Waals surface area contributed by atoms with Crippen LogP contribution in [0.1, 0.15) is 51.9 Å². The van der Waals surface area contributed by atoms with Crippen molar-refractivity contribution in [3.63, 3.8) is 0 Å². The highest BCUT2D eigenvalue weighted by atomic mass is 15.1. The van der Waals surface area contributed by atoms with Crippen LogP contribution in [0.5, 0.6) is 0 Å². The summed E-state index contributed by atoms with van der Waals surface area (Å²) in [5.74, 6) is 1.96. The maximum Gasteiger partial charge on any atom is 0.00956 e. The molecule has 2 heteroatoms. The van der Waals surface area contributed by atoms with Gasteiger partial charge in [0, 0.05) is 12.6 Å². The number of nitrogens with one attached hydrogen (secondary N) is 1. The molecule has 2 fully saturated rings. The Morgan fingerprint density at radius 1 is 1.12 bits per heavy atom. The Morgan fingerprint density at radius 2 is 1.88 bits per heavy atom. The first kappa shape index (κ1) is 13.4. The van der Waals surface area contributed by atoms with Crippen molar-refractivity contribution >= 4 is 0 Å². The smallest absolute Gasteiger partial charge is 0.00956 e. The molecule has 0 aromatic carbocycles. The molecule has 100 valence electrons. The van der Waals surface area contributed by atoms with Crippen LogP contribution in [-0.4, -0.2) is 37.6 Å². The van der Waals surface area contributed by atoms with Gasteiger partial charge in [-0.2, -0.15) is 0 Å². The highest BCUT2D eigenvalue weighted by Gasteiger charge is 2.26. The molecule has 1 N–H and O–H groups in total. The summed E-state index contributed by atoms with van der Waals surface area (Å²) in [6, 6.07) is 0.817. The summed E-state index contributed by atoms with van der Waals surface area (Å²) >= 11 is 0. The second kappa shape index (κ2) is 6.75. The second-order valence-electron chi connectivity index (χ2n) is 6.20. The van der Waals surface area contributed by atoms with E-state index in [9.17, 15) is 0 Å². The SMILES string of the molecule is CCNC1CCCC1CCN(C)CC1CCC1. The van der Waals surface area contributed by atoms with E-state index in [4.69, 9.17) is 0 Å². The summed E-state index contributed by atoms with van der Waals surface area (Å²) in [7, 11) is 2.32. The van der Waals surface area contributed by atoms with Crippen LogP contribution in [0.2, 0.25) is 0 Å². The van der Waals surface area contributed by atoms with Gasteiger partial charge in [0.2, 0.25) is 0 Å². The molecule has 0 heterocycles. The molecule has 0 saturated heterocycles. The largest absolute Gasteiger partial charge is 0.314 e. The lowest BCUT2D eigenvalue weighted by molar-refractivity contribution is 0.193. The molecular formula is C15H30N2. The molecule has 2 nitrogen and oxygen atoms in total. The van der Waals surface area contributed by atoms with Gasteiger partial charge in [0.15, 0.2) is 0 Å². The van der Waals surface area contributed by atoms with Gasteiger partial charge >= 0.3 is 0 Å². The third-order valence-corrected chi connectivity index (χ3v) is 4.80. The zero-order valence-corrected chi connectivity index (χ0v) is 11.8. The number of rotatable bonds is 7. The van der Waals surface area contributed by atoms with Gasteiger partial charge in [-0.3, -0.25) is 0 Å². The monoisotopic (exact) mass is 238 g/mol. The van der Waals surface area contributed by atoms with Crippen LogP contribution < -0.4 is 5.32 Å². The molecule has 0 aromatic heterocycles. The summed E-state index contributed by atoms with van der Waals surface area (Å²) in [5, 5.41) is 3.66. The average molecular weight is 238 g/mol. The van der Waals surface area contributed by atoms with Crippen LogP contribution in [0.4, 0.5) is 0 Å². The number of hydrogen-bond donors (Lipinski definition) is 1. The van der Waals surface area contributed by atoms with Crippen LogP contribution in [-0.2, 0) is 0 Å². The number of hydrogen-bond acceptors (Lipinski definition) is 2. The van der Waals surface area contributed by atoms with E-state index in [0.717, 1.165) is 24.4 Å². The minimum absolute atomic E-state index is 0.817. The summed E-state index contributed by atoms with van der Waals surface area (Å²) < 4.78 is 0. The van der Waals surface area contributed by atoms with Gasteiger partial charge in [0.25, 0.3) is 0 Å². The van der Waals surface area contributed by atoms with E-state index >= 15 is 0 Å². The van der Waals surface area contributed by atoms with Crippen LogP contribution in [0.3, 0.4) is 0 Å². The Bertz CT molecular complexity index is 213. The molecular weight excluding hydrogens is 208 g/mol. The summed E-state index contributed by atoms with van der Waals surface area (Å²) in [6.45, 7) is 6.03. The van der Waals surface area contributed by atoms with Crippen molar-refractivity contribution in [2.24, 2.45) is 11.8 Å². The normalized spacial score (nSPS) is 29.8. The Morgan fingerprint density at radius 3 is 2.53 bits per heavy atom. The van der Waals surface area contributed by atoms with Gasteiger partial charge in [0.05, 0.1) is 0 Å². The van der Waals surface area contributed by atoms with E-state index in [0.29, 0.717) is 0 Å². The summed E-state index contributed by atoms with van der Waals surface area (Å²) in [5.41, 5.74) is 0. The predicted octanol–water partition coefficient (Wildman–Crippen LogP) is 2.89. The second-order valence-corrected chi connectivity index (χ2v) is 6.20. The lowest BCUT2D eigenvalue weighted by Gasteiger charge is -2.31.